The lowest BCUT2D eigenvalue weighted by Crippen LogP contribution is -2.40. The van der Waals surface area contributed by atoms with E-state index in [-0.39, 0.29) is 11.2 Å². The molecule has 0 N–H and O–H groups in total. The van der Waals surface area contributed by atoms with Crippen LogP contribution in [0.5, 0.6) is 0 Å². The zero-order valence-electron chi connectivity index (χ0n) is 11.2. The molecule has 1 amide bonds. The lowest BCUT2D eigenvalue weighted by atomic mass is 10.1. The average Bonchev–Trinajstić information content (AvgIpc) is 2.94. The SMILES string of the molecule is O=C(C(S)Cc1ccccc1)N1CCc2sccc2C1. The van der Waals surface area contributed by atoms with Gasteiger partial charge >= 0.3 is 0 Å². The van der Waals surface area contributed by atoms with Crippen LogP contribution in [0.4, 0.5) is 0 Å². The highest BCUT2D eigenvalue weighted by Crippen LogP contribution is 2.25. The Hall–Kier alpha value is -1.26. The fourth-order valence-electron chi connectivity index (χ4n) is 2.57. The van der Waals surface area contributed by atoms with Crippen molar-refractivity contribution in [3.8, 4) is 0 Å². The highest BCUT2D eigenvalue weighted by atomic mass is 32.1. The van der Waals surface area contributed by atoms with Gasteiger partial charge in [-0.3, -0.25) is 4.79 Å². The Morgan fingerprint density at radius 3 is 2.90 bits per heavy atom. The number of carbonyl (C=O) groups is 1. The third-order valence-corrected chi connectivity index (χ3v) is 5.10. The lowest BCUT2D eigenvalue weighted by molar-refractivity contribution is -0.131. The first-order valence-corrected chi connectivity index (χ1v) is 8.19. The molecule has 1 aromatic carbocycles. The molecular formula is C16H17NOS2. The third-order valence-electron chi connectivity index (χ3n) is 3.68. The van der Waals surface area contributed by atoms with Gasteiger partial charge in [-0.25, -0.2) is 0 Å². The van der Waals surface area contributed by atoms with Gasteiger partial charge in [0, 0.05) is 18.0 Å². The van der Waals surface area contributed by atoms with Crippen molar-refractivity contribution in [3.05, 3.63) is 57.8 Å². The summed E-state index contributed by atoms with van der Waals surface area (Å²) in [6.07, 6.45) is 1.67. The van der Waals surface area contributed by atoms with E-state index in [1.54, 1.807) is 11.3 Å². The van der Waals surface area contributed by atoms with E-state index >= 15 is 0 Å². The van der Waals surface area contributed by atoms with E-state index in [0.717, 1.165) is 25.1 Å². The molecule has 1 unspecified atom stereocenters. The minimum atomic E-state index is -0.252. The fourth-order valence-corrected chi connectivity index (χ4v) is 3.84. The van der Waals surface area contributed by atoms with Crippen molar-refractivity contribution in [1.82, 2.24) is 4.90 Å². The summed E-state index contributed by atoms with van der Waals surface area (Å²) in [7, 11) is 0. The number of hydrogen-bond donors (Lipinski definition) is 1. The summed E-state index contributed by atoms with van der Waals surface area (Å²) in [5.74, 6) is 0.147. The lowest BCUT2D eigenvalue weighted by Gasteiger charge is -2.29. The van der Waals surface area contributed by atoms with Gasteiger partial charge < -0.3 is 4.90 Å². The van der Waals surface area contributed by atoms with Crippen LogP contribution < -0.4 is 0 Å². The molecule has 2 aromatic rings. The van der Waals surface area contributed by atoms with Crippen LogP contribution in [0, 0.1) is 0 Å². The number of thiophene rings is 1. The molecule has 2 nitrogen and oxygen atoms in total. The molecule has 4 heteroatoms. The number of carbonyl (C=O) groups excluding carboxylic acids is 1. The Labute approximate surface area is 128 Å². The Kier molecular flexibility index (Phi) is 4.13. The maximum atomic E-state index is 12.5. The zero-order chi connectivity index (χ0) is 13.9. The molecule has 20 heavy (non-hydrogen) atoms. The van der Waals surface area contributed by atoms with Crippen LogP contribution >= 0.6 is 24.0 Å². The second-order valence-corrected chi connectivity index (χ2v) is 6.71. The van der Waals surface area contributed by atoms with Crippen molar-refractivity contribution in [1.29, 1.82) is 0 Å². The highest BCUT2D eigenvalue weighted by molar-refractivity contribution is 7.81. The Bertz CT molecular complexity index is 594. The Balaban J connectivity index is 1.64. The van der Waals surface area contributed by atoms with E-state index in [1.165, 1.54) is 10.4 Å². The summed E-state index contributed by atoms with van der Waals surface area (Å²) >= 11 is 6.31. The number of nitrogens with zero attached hydrogens (tertiary/aromatic N) is 1. The smallest absolute Gasteiger partial charge is 0.236 e. The van der Waals surface area contributed by atoms with Gasteiger partial charge in [0.25, 0.3) is 0 Å². The molecule has 1 aliphatic rings. The van der Waals surface area contributed by atoms with Crippen molar-refractivity contribution >= 4 is 29.9 Å². The van der Waals surface area contributed by atoms with Gasteiger partial charge in [-0.05, 0) is 35.4 Å². The van der Waals surface area contributed by atoms with Crippen LogP contribution in [0.3, 0.4) is 0 Å². The van der Waals surface area contributed by atoms with Gasteiger partial charge in [-0.2, -0.15) is 12.6 Å². The standard InChI is InChI=1S/C16H17NOS2/c18-16(14(19)10-12-4-2-1-3-5-12)17-8-6-15-13(11-17)7-9-20-15/h1-5,7,9,14,19H,6,8,10-11H2. The van der Waals surface area contributed by atoms with Crippen molar-refractivity contribution < 1.29 is 4.79 Å². The second kappa shape index (κ2) is 6.02. The molecule has 0 saturated carbocycles. The summed E-state index contributed by atoms with van der Waals surface area (Å²) in [6.45, 7) is 1.56. The predicted octanol–water partition coefficient (Wildman–Crippen LogP) is 3.17. The number of amides is 1. The predicted molar refractivity (Wildman–Crippen MR) is 86.4 cm³/mol. The van der Waals surface area contributed by atoms with Crippen LogP contribution in [0.25, 0.3) is 0 Å². The number of benzene rings is 1. The summed E-state index contributed by atoms with van der Waals surface area (Å²) in [4.78, 5) is 15.9. The van der Waals surface area contributed by atoms with Crippen LogP contribution in [0.1, 0.15) is 16.0 Å². The molecule has 0 spiro atoms. The van der Waals surface area contributed by atoms with Crippen molar-refractivity contribution in [2.45, 2.75) is 24.6 Å². The molecule has 0 saturated heterocycles. The quantitative estimate of drug-likeness (QED) is 0.864. The zero-order valence-corrected chi connectivity index (χ0v) is 12.9. The van der Waals surface area contributed by atoms with Gasteiger partial charge in [-0.1, -0.05) is 30.3 Å². The first-order valence-electron chi connectivity index (χ1n) is 6.80. The van der Waals surface area contributed by atoms with Gasteiger partial charge in [-0.15, -0.1) is 11.3 Å². The number of rotatable bonds is 3. The van der Waals surface area contributed by atoms with Crippen LogP contribution in [-0.4, -0.2) is 22.6 Å². The Morgan fingerprint density at radius 1 is 1.30 bits per heavy atom. The maximum absolute atomic E-state index is 12.5. The van der Waals surface area contributed by atoms with Crippen molar-refractivity contribution in [3.63, 3.8) is 0 Å². The van der Waals surface area contributed by atoms with E-state index < -0.39 is 0 Å². The third kappa shape index (κ3) is 2.91. The van der Waals surface area contributed by atoms with E-state index in [1.807, 2.05) is 35.2 Å². The molecule has 0 bridgehead atoms. The molecule has 3 rings (SSSR count). The molecule has 0 fully saturated rings. The number of hydrogen-bond acceptors (Lipinski definition) is 3. The molecule has 0 aliphatic carbocycles. The van der Waals surface area contributed by atoms with E-state index in [0.29, 0.717) is 6.42 Å². The van der Waals surface area contributed by atoms with Crippen molar-refractivity contribution in [2.75, 3.05) is 6.54 Å². The average molecular weight is 303 g/mol. The fraction of sp³-hybridized carbons (Fsp3) is 0.312. The summed E-state index contributed by atoms with van der Waals surface area (Å²) in [5, 5.41) is 1.86. The molecule has 104 valence electrons. The minimum Gasteiger partial charge on any atom is -0.337 e. The van der Waals surface area contributed by atoms with E-state index in [4.69, 9.17) is 0 Å². The topological polar surface area (TPSA) is 20.3 Å². The van der Waals surface area contributed by atoms with Crippen LogP contribution in [0.15, 0.2) is 41.8 Å². The normalized spacial score (nSPS) is 15.8. The van der Waals surface area contributed by atoms with Gasteiger partial charge in [0.2, 0.25) is 5.91 Å². The molecule has 1 aliphatic heterocycles. The van der Waals surface area contributed by atoms with Gasteiger partial charge in [0.05, 0.1) is 5.25 Å². The summed E-state index contributed by atoms with van der Waals surface area (Å²) in [5.41, 5.74) is 2.46. The summed E-state index contributed by atoms with van der Waals surface area (Å²) < 4.78 is 0. The van der Waals surface area contributed by atoms with Crippen LogP contribution in [-0.2, 0) is 24.2 Å². The monoisotopic (exact) mass is 303 g/mol. The van der Waals surface area contributed by atoms with Gasteiger partial charge in [0.15, 0.2) is 0 Å². The number of thiol groups is 1. The van der Waals surface area contributed by atoms with E-state index in [2.05, 4.69) is 24.1 Å². The van der Waals surface area contributed by atoms with Gasteiger partial charge in [0.1, 0.15) is 0 Å². The molecule has 2 heterocycles. The molecule has 1 aromatic heterocycles. The first kappa shape index (κ1) is 13.7. The largest absolute Gasteiger partial charge is 0.337 e. The molecular weight excluding hydrogens is 286 g/mol. The molecule has 0 radical (unpaired) electrons. The van der Waals surface area contributed by atoms with Crippen LogP contribution in [0.2, 0.25) is 0 Å². The minimum absolute atomic E-state index is 0.147. The number of fused-ring (bicyclic) bond motifs is 1. The highest BCUT2D eigenvalue weighted by Gasteiger charge is 2.25. The maximum Gasteiger partial charge on any atom is 0.236 e. The second-order valence-electron chi connectivity index (χ2n) is 5.08. The summed E-state index contributed by atoms with van der Waals surface area (Å²) in [6, 6.07) is 12.2. The molecule has 1 atom stereocenters. The van der Waals surface area contributed by atoms with Crippen molar-refractivity contribution in [2.24, 2.45) is 0 Å². The Morgan fingerprint density at radius 2 is 2.10 bits per heavy atom. The van der Waals surface area contributed by atoms with E-state index in [9.17, 15) is 4.79 Å². The first-order chi connectivity index (χ1) is 9.74.